The van der Waals surface area contributed by atoms with Crippen LogP contribution >= 0.6 is 23.2 Å². The molecule has 7 heteroatoms. The van der Waals surface area contributed by atoms with Crippen LogP contribution in [0.15, 0.2) is 30.3 Å². The molecule has 144 valence electrons. The second-order valence-corrected chi connectivity index (χ2v) is 6.74. The fraction of sp³-hybridized carbons (Fsp3) is 0.300. The molecule has 0 amide bonds. The van der Waals surface area contributed by atoms with Gasteiger partial charge in [-0.15, -0.1) is 0 Å². The topological polar surface area (TPSA) is 57.5 Å². The molecule has 0 fully saturated rings. The van der Waals surface area contributed by atoms with E-state index in [1.54, 1.807) is 31.4 Å². The fourth-order valence-corrected chi connectivity index (χ4v) is 3.22. The normalized spacial score (nSPS) is 11.1. The Balaban J connectivity index is 1.99. The fourth-order valence-electron chi connectivity index (χ4n) is 2.69. The number of ether oxygens (including phenoxy) is 2. The predicted octanol–water partition coefficient (Wildman–Crippen LogP) is 4.50. The van der Waals surface area contributed by atoms with Gasteiger partial charge in [0.25, 0.3) is 0 Å². The minimum Gasteiger partial charge on any atom is -0.454 e. The predicted molar refractivity (Wildman–Crippen MR) is 107 cm³/mol. The highest BCUT2D eigenvalue weighted by atomic mass is 35.5. The zero-order chi connectivity index (χ0) is 20.0. The molecule has 1 heterocycles. The molecule has 0 saturated carbocycles. The van der Waals surface area contributed by atoms with Crippen molar-refractivity contribution in [2.75, 3.05) is 20.3 Å². The molecule has 0 N–H and O–H groups in total. The van der Waals surface area contributed by atoms with Crippen molar-refractivity contribution in [2.24, 2.45) is 0 Å². The number of halogens is 2. The number of hydrogen-bond acceptors (Lipinski definition) is 4. The van der Waals surface area contributed by atoms with Crippen LogP contribution in [0.5, 0.6) is 0 Å². The van der Waals surface area contributed by atoms with Crippen molar-refractivity contribution in [3.63, 3.8) is 0 Å². The summed E-state index contributed by atoms with van der Waals surface area (Å²) in [5.41, 5.74) is 2.83. The van der Waals surface area contributed by atoms with Crippen molar-refractivity contribution >= 4 is 41.0 Å². The van der Waals surface area contributed by atoms with Gasteiger partial charge in [-0.25, -0.2) is 4.79 Å². The van der Waals surface area contributed by atoms with E-state index in [2.05, 4.69) is 0 Å². The summed E-state index contributed by atoms with van der Waals surface area (Å²) in [7, 11) is 1.63. The first-order valence-corrected chi connectivity index (χ1v) is 9.08. The van der Waals surface area contributed by atoms with Crippen molar-refractivity contribution in [3.8, 4) is 0 Å². The first-order chi connectivity index (χ1) is 12.8. The Morgan fingerprint density at radius 3 is 2.48 bits per heavy atom. The van der Waals surface area contributed by atoms with Gasteiger partial charge in [0.2, 0.25) is 5.78 Å². The van der Waals surface area contributed by atoms with Gasteiger partial charge in [0.05, 0.1) is 6.61 Å². The molecule has 0 bridgehead atoms. The average molecular weight is 410 g/mol. The molecule has 27 heavy (non-hydrogen) atoms. The number of methoxy groups -OCH3 is 1. The maximum Gasteiger partial charge on any atom is 0.331 e. The Kier molecular flexibility index (Phi) is 7.66. The standard InChI is InChI=1S/C20H21Cl2NO4/c1-13-11-16(14(2)23(13)9-10-26-3)19(24)12-27-20(25)8-7-15-17(21)5-4-6-18(15)22/h4-8,11H,9-10,12H2,1-3H3/b8-7+. The molecule has 5 nitrogen and oxygen atoms in total. The van der Waals surface area contributed by atoms with Crippen LogP contribution in [-0.4, -0.2) is 36.6 Å². The molecular weight excluding hydrogens is 389 g/mol. The summed E-state index contributed by atoms with van der Waals surface area (Å²) in [5.74, 6) is -0.906. The molecule has 2 aromatic rings. The Hall–Kier alpha value is -2.08. The van der Waals surface area contributed by atoms with Gasteiger partial charge in [0.1, 0.15) is 0 Å². The van der Waals surface area contributed by atoms with Crippen LogP contribution in [-0.2, 0) is 20.8 Å². The number of carbonyl (C=O) groups excluding carboxylic acids is 2. The van der Waals surface area contributed by atoms with E-state index in [1.807, 2.05) is 18.4 Å². The molecular formula is C20H21Cl2NO4. The van der Waals surface area contributed by atoms with Crippen LogP contribution < -0.4 is 0 Å². The highest BCUT2D eigenvalue weighted by Gasteiger charge is 2.16. The van der Waals surface area contributed by atoms with E-state index in [1.165, 1.54) is 12.2 Å². The summed E-state index contributed by atoms with van der Waals surface area (Å²) >= 11 is 12.1. The van der Waals surface area contributed by atoms with Gasteiger partial charge >= 0.3 is 5.97 Å². The number of rotatable bonds is 8. The van der Waals surface area contributed by atoms with Crippen LogP contribution in [0.4, 0.5) is 0 Å². The minimum atomic E-state index is -0.646. The van der Waals surface area contributed by atoms with Crippen LogP contribution in [0, 0.1) is 13.8 Å². The first-order valence-electron chi connectivity index (χ1n) is 8.32. The van der Waals surface area contributed by atoms with Crippen LogP contribution in [0.25, 0.3) is 6.08 Å². The number of nitrogens with zero attached hydrogens (tertiary/aromatic N) is 1. The number of carbonyl (C=O) groups is 2. The van der Waals surface area contributed by atoms with Gasteiger partial charge in [0.15, 0.2) is 6.61 Å². The van der Waals surface area contributed by atoms with E-state index in [4.69, 9.17) is 32.7 Å². The third-order valence-electron chi connectivity index (χ3n) is 4.12. The molecule has 0 aliphatic carbocycles. The molecule has 0 aliphatic heterocycles. The number of benzene rings is 1. The first kappa shape index (κ1) is 21.2. The van der Waals surface area contributed by atoms with Gasteiger partial charge in [-0.05, 0) is 38.1 Å². The lowest BCUT2D eigenvalue weighted by atomic mass is 10.1. The van der Waals surface area contributed by atoms with Crippen molar-refractivity contribution in [1.82, 2.24) is 4.57 Å². The quantitative estimate of drug-likeness (QED) is 0.365. The van der Waals surface area contributed by atoms with E-state index in [0.717, 1.165) is 11.4 Å². The van der Waals surface area contributed by atoms with Crippen molar-refractivity contribution in [1.29, 1.82) is 0 Å². The third kappa shape index (κ3) is 5.45. The van der Waals surface area contributed by atoms with Crippen LogP contribution in [0.3, 0.4) is 0 Å². The Morgan fingerprint density at radius 2 is 1.85 bits per heavy atom. The Bertz CT molecular complexity index is 851. The van der Waals surface area contributed by atoms with Crippen molar-refractivity contribution < 1.29 is 19.1 Å². The van der Waals surface area contributed by atoms with E-state index in [-0.39, 0.29) is 12.4 Å². The second kappa shape index (κ2) is 9.74. The van der Waals surface area contributed by atoms with Crippen LogP contribution in [0.1, 0.15) is 27.3 Å². The van der Waals surface area contributed by atoms with Gasteiger partial charge in [-0.1, -0.05) is 29.3 Å². The molecule has 0 radical (unpaired) electrons. The number of hydrogen-bond donors (Lipinski definition) is 0. The van der Waals surface area contributed by atoms with E-state index >= 15 is 0 Å². The molecule has 0 saturated heterocycles. The van der Waals surface area contributed by atoms with Crippen LogP contribution in [0.2, 0.25) is 10.0 Å². The van der Waals surface area contributed by atoms with Crippen molar-refractivity contribution in [2.45, 2.75) is 20.4 Å². The zero-order valence-corrected chi connectivity index (χ0v) is 16.9. The molecule has 2 rings (SSSR count). The summed E-state index contributed by atoms with van der Waals surface area (Å²) in [5, 5.41) is 0.845. The number of Topliss-reactive ketones (excluding diaryl/α,β-unsaturated/α-hetero) is 1. The lowest BCUT2D eigenvalue weighted by Crippen LogP contribution is -2.14. The maximum atomic E-state index is 12.4. The molecule has 1 aromatic heterocycles. The minimum absolute atomic E-state index is 0.260. The number of aromatic nitrogens is 1. The van der Waals surface area contributed by atoms with Gasteiger partial charge in [-0.2, -0.15) is 0 Å². The third-order valence-corrected chi connectivity index (χ3v) is 4.78. The highest BCUT2D eigenvalue weighted by Crippen LogP contribution is 2.25. The summed E-state index contributed by atoms with van der Waals surface area (Å²) < 4.78 is 12.1. The molecule has 0 aliphatic rings. The van der Waals surface area contributed by atoms with E-state index < -0.39 is 5.97 Å². The average Bonchev–Trinajstić information content (AvgIpc) is 2.91. The SMILES string of the molecule is COCCn1c(C)cc(C(=O)COC(=O)/C=C/c2c(Cl)cccc2Cl)c1C. The smallest absolute Gasteiger partial charge is 0.331 e. The molecule has 0 unspecified atom stereocenters. The molecule has 1 aromatic carbocycles. The van der Waals surface area contributed by atoms with E-state index in [0.29, 0.717) is 34.3 Å². The highest BCUT2D eigenvalue weighted by molar-refractivity contribution is 6.37. The monoisotopic (exact) mass is 409 g/mol. The Labute approximate surface area is 168 Å². The van der Waals surface area contributed by atoms with Crippen molar-refractivity contribution in [3.05, 3.63) is 62.9 Å². The number of esters is 1. The summed E-state index contributed by atoms with van der Waals surface area (Å²) in [6.45, 7) is 4.64. The lowest BCUT2D eigenvalue weighted by Gasteiger charge is -2.08. The largest absolute Gasteiger partial charge is 0.454 e. The number of ketones is 1. The summed E-state index contributed by atoms with van der Waals surface area (Å²) in [4.78, 5) is 24.3. The molecule has 0 atom stereocenters. The van der Waals surface area contributed by atoms with Gasteiger partial charge in [0, 0.05) is 52.3 Å². The zero-order valence-electron chi connectivity index (χ0n) is 15.4. The maximum absolute atomic E-state index is 12.4. The summed E-state index contributed by atoms with van der Waals surface area (Å²) in [6, 6.07) is 6.84. The Morgan fingerprint density at radius 1 is 1.19 bits per heavy atom. The number of aryl methyl sites for hydroxylation is 1. The van der Waals surface area contributed by atoms with E-state index in [9.17, 15) is 9.59 Å². The molecule has 0 spiro atoms. The second-order valence-electron chi connectivity index (χ2n) is 5.93. The summed E-state index contributed by atoms with van der Waals surface area (Å²) in [6.07, 6.45) is 2.66. The van der Waals surface area contributed by atoms with Gasteiger partial charge < -0.3 is 14.0 Å². The van der Waals surface area contributed by atoms with Gasteiger partial charge in [-0.3, -0.25) is 4.79 Å². The lowest BCUT2D eigenvalue weighted by molar-refractivity contribution is -0.136.